The Morgan fingerprint density at radius 3 is 2.24 bits per heavy atom. The predicted octanol–water partition coefficient (Wildman–Crippen LogP) is 8.82. The smallest absolute Gasteiger partial charge is 0.216 e. The van der Waals surface area contributed by atoms with Gasteiger partial charge in [0.25, 0.3) is 0 Å². The SMILES string of the molecule is CC(=O)NCCCCc1ccc(OCc2cccc(-c3ccccc3)c2C)cc1OCc1ccc(-c2ccccc2C#N)cc1. The molecule has 0 aliphatic heterocycles. The Balaban J connectivity index is 1.30. The van der Waals surface area contributed by atoms with Gasteiger partial charge >= 0.3 is 0 Å². The zero-order valence-electron chi connectivity index (χ0n) is 25.9. The van der Waals surface area contributed by atoms with E-state index in [1.54, 1.807) is 6.92 Å². The molecule has 0 spiro atoms. The molecule has 1 N–H and O–H groups in total. The van der Waals surface area contributed by atoms with Crippen molar-refractivity contribution in [3.63, 3.8) is 0 Å². The molecule has 5 nitrogen and oxygen atoms in total. The normalized spacial score (nSPS) is 10.6. The van der Waals surface area contributed by atoms with E-state index in [9.17, 15) is 10.1 Å². The van der Waals surface area contributed by atoms with Crippen molar-refractivity contribution < 1.29 is 14.3 Å². The fourth-order valence-electron chi connectivity index (χ4n) is 5.38. The molecule has 0 saturated carbocycles. The number of amides is 1. The van der Waals surface area contributed by atoms with Gasteiger partial charge in [0.2, 0.25) is 5.91 Å². The van der Waals surface area contributed by atoms with Gasteiger partial charge in [-0.15, -0.1) is 0 Å². The Morgan fingerprint density at radius 2 is 1.47 bits per heavy atom. The third-order valence-electron chi connectivity index (χ3n) is 7.92. The van der Waals surface area contributed by atoms with Crippen LogP contribution in [0.2, 0.25) is 0 Å². The van der Waals surface area contributed by atoms with Crippen molar-refractivity contribution in [2.45, 2.75) is 46.3 Å². The highest BCUT2D eigenvalue weighted by Crippen LogP contribution is 2.30. The quantitative estimate of drug-likeness (QED) is 0.138. The number of carbonyl (C=O) groups excluding carboxylic acids is 1. The van der Waals surface area contributed by atoms with Crippen molar-refractivity contribution in [1.29, 1.82) is 5.26 Å². The molecule has 5 aromatic rings. The molecule has 1 amide bonds. The molecule has 0 unspecified atom stereocenters. The van der Waals surface area contributed by atoms with Gasteiger partial charge in [-0.3, -0.25) is 4.79 Å². The fraction of sp³-hybridized carbons (Fsp3) is 0.200. The number of carbonyl (C=O) groups is 1. The Hall–Kier alpha value is -5.34. The van der Waals surface area contributed by atoms with E-state index in [0.29, 0.717) is 25.3 Å². The van der Waals surface area contributed by atoms with Crippen LogP contribution in [0.1, 0.15) is 47.6 Å². The first-order valence-electron chi connectivity index (χ1n) is 15.4. The highest BCUT2D eigenvalue weighted by atomic mass is 16.5. The summed E-state index contributed by atoms with van der Waals surface area (Å²) in [5, 5.41) is 12.4. The van der Waals surface area contributed by atoms with Gasteiger partial charge in [0.15, 0.2) is 0 Å². The molecule has 0 fully saturated rings. The van der Waals surface area contributed by atoms with Gasteiger partial charge in [-0.1, -0.05) is 97.1 Å². The number of hydrogen-bond donors (Lipinski definition) is 1. The summed E-state index contributed by atoms with van der Waals surface area (Å²) in [6.45, 7) is 5.20. The Kier molecular flexibility index (Phi) is 10.6. The summed E-state index contributed by atoms with van der Waals surface area (Å²) in [6, 6.07) is 40.9. The van der Waals surface area contributed by atoms with E-state index >= 15 is 0 Å². The van der Waals surface area contributed by atoms with Gasteiger partial charge in [-0.2, -0.15) is 5.26 Å². The molecule has 5 heteroatoms. The summed E-state index contributed by atoms with van der Waals surface area (Å²) in [5.41, 5.74) is 9.45. The van der Waals surface area contributed by atoms with Crippen LogP contribution in [0.5, 0.6) is 11.5 Å². The lowest BCUT2D eigenvalue weighted by Crippen LogP contribution is -2.20. The number of ether oxygens (including phenoxy) is 2. The first-order chi connectivity index (χ1) is 22.0. The molecule has 0 aliphatic rings. The van der Waals surface area contributed by atoms with E-state index in [-0.39, 0.29) is 5.91 Å². The van der Waals surface area contributed by atoms with E-state index < -0.39 is 0 Å². The van der Waals surface area contributed by atoms with Crippen molar-refractivity contribution in [3.8, 4) is 39.8 Å². The minimum atomic E-state index is -0.00723. The van der Waals surface area contributed by atoms with Crippen LogP contribution < -0.4 is 14.8 Å². The van der Waals surface area contributed by atoms with Gasteiger partial charge in [0.1, 0.15) is 24.7 Å². The number of nitrogens with zero attached hydrogens (tertiary/aromatic N) is 1. The average Bonchev–Trinajstić information content (AvgIpc) is 3.07. The van der Waals surface area contributed by atoms with Gasteiger partial charge in [0, 0.05) is 19.5 Å². The topological polar surface area (TPSA) is 71.3 Å². The number of nitrogens with one attached hydrogen (secondary N) is 1. The maximum absolute atomic E-state index is 11.2. The maximum atomic E-state index is 11.2. The van der Waals surface area contributed by atoms with E-state index in [2.05, 4.69) is 66.8 Å². The minimum Gasteiger partial charge on any atom is -0.489 e. The lowest BCUT2D eigenvalue weighted by atomic mass is 9.97. The molecule has 0 heterocycles. The molecule has 0 aromatic heterocycles. The first-order valence-corrected chi connectivity index (χ1v) is 15.4. The van der Waals surface area contributed by atoms with Crippen LogP contribution in [0.3, 0.4) is 0 Å². The van der Waals surface area contributed by atoms with Gasteiger partial charge in [-0.25, -0.2) is 0 Å². The van der Waals surface area contributed by atoms with Crippen molar-refractivity contribution >= 4 is 5.91 Å². The number of rotatable bonds is 13. The molecule has 0 radical (unpaired) electrons. The van der Waals surface area contributed by atoms with Crippen LogP contribution in [0.15, 0.2) is 115 Å². The highest BCUT2D eigenvalue weighted by Gasteiger charge is 2.11. The molecule has 0 bridgehead atoms. The average molecular weight is 595 g/mol. The van der Waals surface area contributed by atoms with E-state index in [1.165, 1.54) is 16.7 Å². The van der Waals surface area contributed by atoms with E-state index in [4.69, 9.17) is 9.47 Å². The van der Waals surface area contributed by atoms with Gasteiger partial charge in [-0.05, 0) is 82.8 Å². The Labute approximate surface area is 266 Å². The summed E-state index contributed by atoms with van der Waals surface area (Å²) in [7, 11) is 0. The molecule has 5 rings (SSSR count). The van der Waals surface area contributed by atoms with Crippen LogP contribution in [0.4, 0.5) is 0 Å². The number of unbranched alkanes of at least 4 members (excludes halogenated alkanes) is 1. The van der Waals surface area contributed by atoms with E-state index in [1.807, 2.05) is 66.7 Å². The fourth-order valence-corrected chi connectivity index (χ4v) is 5.38. The minimum absolute atomic E-state index is 0.00723. The van der Waals surface area contributed by atoms with Crippen molar-refractivity contribution in [2.24, 2.45) is 0 Å². The summed E-state index contributed by atoms with van der Waals surface area (Å²) >= 11 is 0. The second-order valence-electron chi connectivity index (χ2n) is 11.1. The third kappa shape index (κ3) is 8.40. The molecule has 0 saturated heterocycles. The summed E-state index contributed by atoms with van der Waals surface area (Å²) in [6.07, 6.45) is 2.65. The first kappa shape index (κ1) is 31.1. The monoisotopic (exact) mass is 594 g/mol. The molecular weight excluding hydrogens is 556 g/mol. The van der Waals surface area contributed by atoms with Crippen LogP contribution >= 0.6 is 0 Å². The summed E-state index contributed by atoms with van der Waals surface area (Å²) in [5.74, 6) is 1.54. The predicted molar refractivity (Wildman–Crippen MR) is 180 cm³/mol. The van der Waals surface area contributed by atoms with Crippen molar-refractivity contribution in [3.05, 3.63) is 143 Å². The lowest BCUT2D eigenvalue weighted by molar-refractivity contribution is -0.118. The molecule has 5 aromatic carbocycles. The molecule has 226 valence electrons. The Bertz CT molecular complexity index is 1770. The highest BCUT2D eigenvalue weighted by molar-refractivity contribution is 5.72. The van der Waals surface area contributed by atoms with Crippen LogP contribution in [0.25, 0.3) is 22.3 Å². The number of aryl methyl sites for hydroxylation is 1. The number of hydrogen-bond acceptors (Lipinski definition) is 4. The van der Waals surface area contributed by atoms with Crippen LogP contribution in [-0.2, 0) is 24.4 Å². The molecule has 0 atom stereocenters. The number of benzene rings is 5. The second-order valence-corrected chi connectivity index (χ2v) is 11.1. The third-order valence-corrected chi connectivity index (χ3v) is 7.92. The molecule has 45 heavy (non-hydrogen) atoms. The lowest BCUT2D eigenvalue weighted by Gasteiger charge is -2.16. The molecule has 0 aliphatic carbocycles. The summed E-state index contributed by atoms with van der Waals surface area (Å²) in [4.78, 5) is 11.2. The Morgan fingerprint density at radius 1 is 0.733 bits per heavy atom. The maximum Gasteiger partial charge on any atom is 0.216 e. The second kappa shape index (κ2) is 15.4. The van der Waals surface area contributed by atoms with Gasteiger partial charge in [0.05, 0.1) is 11.6 Å². The van der Waals surface area contributed by atoms with Crippen LogP contribution in [-0.4, -0.2) is 12.5 Å². The number of nitriles is 1. The zero-order chi connectivity index (χ0) is 31.4. The van der Waals surface area contributed by atoms with Crippen molar-refractivity contribution in [1.82, 2.24) is 5.32 Å². The largest absolute Gasteiger partial charge is 0.489 e. The van der Waals surface area contributed by atoms with E-state index in [0.717, 1.165) is 58.6 Å². The van der Waals surface area contributed by atoms with Gasteiger partial charge < -0.3 is 14.8 Å². The van der Waals surface area contributed by atoms with Crippen LogP contribution in [0, 0.1) is 18.3 Å². The zero-order valence-corrected chi connectivity index (χ0v) is 25.9. The molecular formula is C40H38N2O3. The summed E-state index contributed by atoms with van der Waals surface area (Å²) < 4.78 is 12.7. The van der Waals surface area contributed by atoms with Crippen molar-refractivity contribution in [2.75, 3.05) is 6.54 Å². The standard InChI is InChI=1S/C40H38N2O3/c1-29-36(15-10-17-38(29)32-11-4-3-5-12-32)28-44-37-23-22-34(13-8-9-24-42-30(2)43)40(25-37)45-27-31-18-20-33(21-19-31)39-16-7-6-14-35(39)26-41/h3-7,10-12,14-23,25H,8-9,13,24,27-28H2,1-2H3,(H,42,43).